The van der Waals surface area contributed by atoms with Crippen LogP contribution in [0.1, 0.15) is 17.3 Å². The molecule has 0 aliphatic heterocycles. The molecule has 0 spiro atoms. The molecule has 0 unspecified atom stereocenters. The lowest BCUT2D eigenvalue weighted by atomic mass is 10.2. The smallest absolute Gasteiger partial charge is 0.248 e. The fourth-order valence-electron chi connectivity index (χ4n) is 2.08. The zero-order chi connectivity index (χ0) is 18.4. The number of amides is 2. The molecule has 0 fully saturated rings. The fourth-order valence-corrected chi connectivity index (χ4v) is 3.01. The highest BCUT2D eigenvalue weighted by molar-refractivity contribution is 9.10. The van der Waals surface area contributed by atoms with Crippen LogP contribution < -0.4 is 21.1 Å². The van der Waals surface area contributed by atoms with Crippen molar-refractivity contribution in [1.29, 1.82) is 0 Å². The average Bonchev–Trinajstić information content (AvgIpc) is 2.56. The number of primary amides is 1. The lowest BCUT2D eigenvalue weighted by Gasteiger charge is -2.14. The molecule has 2 amide bonds. The SMILES string of the molecule is CCOc1c(Br)cc(Cl)cc1NCC(=O)Nc1ccc(C(N)=O)cc1. The summed E-state index contributed by atoms with van der Waals surface area (Å²) in [5.74, 6) is -0.189. The summed E-state index contributed by atoms with van der Waals surface area (Å²) in [4.78, 5) is 23.1. The van der Waals surface area contributed by atoms with Gasteiger partial charge in [0.05, 0.1) is 23.3 Å². The molecule has 0 atom stereocenters. The number of rotatable bonds is 7. The Bertz CT molecular complexity index is 781. The van der Waals surface area contributed by atoms with Gasteiger partial charge < -0.3 is 21.1 Å². The lowest BCUT2D eigenvalue weighted by molar-refractivity contribution is -0.114. The van der Waals surface area contributed by atoms with Gasteiger partial charge in [0, 0.05) is 16.3 Å². The highest BCUT2D eigenvalue weighted by Crippen LogP contribution is 2.36. The summed E-state index contributed by atoms with van der Waals surface area (Å²) in [6.07, 6.45) is 0. The minimum Gasteiger partial charge on any atom is -0.491 e. The number of carbonyl (C=O) groups excluding carboxylic acids is 2. The molecule has 4 N–H and O–H groups in total. The van der Waals surface area contributed by atoms with E-state index in [9.17, 15) is 9.59 Å². The Balaban J connectivity index is 2.01. The lowest BCUT2D eigenvalue weighted by Crippen LogP contribution is -2.22. The Labute approximate surface area is 158 Å². The monoisotopic (exact) mass is 425 g/mol. The van der Waals surface area contributed by atoms with Gasteiger partial charge in [-0.25, -0.2) is 0 Å². The number of nitrogens with one attached hydrogen (secondary N) is 2. The molecule has 2 aromatic carbocycles. The number of hydrogen-bond donors (Lipinski definition) is 3. The van der Waals surface area contributed by atoms with Crippen LogP contribution in [0.2, 0.25) is 5.02 Å². The summed E-state index contributed by atoms with van der Waals surface area (Å²) >= 11 is 9.43. The van der Waals surface area contributed by atoms with E-state index in [2.05, 4.69) is 26.6 Å². The van der Waals surface area contributed by atoms with Gasteiger partial charge in [-0.05, 0) is 59.3 Å². The largest absolute Gasteiger partial charge is 0.491 e. The second-order valence-corrected chi connectivity index (χ2v) is 6.33. The first-order valence-electron chi connectivity index (χ1n) is 7.46. The van der Waals surface area contributed by atoms with Gasteiger partial charge in [0.15, 0.2) is 5.75 Å². The molecule has 0 heterocycles. The van der Waals surface area contributed by atoms with Gasteiger partial charge in [-0.15, -0.1) is 0 Å². The Hall–Kier alpha value is -2.25. The van der Waals surface area contributed by atoms with E-state index >= 15 is 0 Å². The van der Waals surface area contributed by atoms with Crippen molar-refractivity contribution in [3.05, 3.63) is 51.5 Å². The van der Waals surface area contributed by atoms with E-state index in [-0.39, 0.29) is 12.5 Å². The quantitative estimate of drug-likeness (QED) is 0.630. The first-order chi connectivity index (χ1) is 11.9. The second-order valence-electron chi connectivity index (χ2n) is 5.04. The molecule has 0 saturated carbocycles. The third-order valence-corrected chi connectivity index (χ3v) is 4.00. The normalized spacial score (nSPS) is 10.2. The molecule has 2 rings (SSSR count). The third kappa shape index (κ3) is 5.37. The minimum atomic E-state index is -0.519. The van der Waals surface area contributed by atoms with E-state index in [1.165, 1.54) is 0 Å². The maximum absolute atomic E-state index is 12.1. The number of hydrogen-bond acceptors (Lipinski definition) is 4. The first-order valence-corrected chi connectivity index (χ1v) is 8.63. The van der Waals surface area contributed by atoms with Gasteiger partial charge in [-0.1, -0.05) is 11.6 Å². The zero-order valence-corrected chi connectivity index (χ0v) is 15.8. The van der Waals surface area contributed by atoms with Crippen LogP contribution in [-0.2, 0) is 4.79 Å². The van der Waals surface area contributed by atoms with Crippen LogP contribution in [0.25, 0.3) is 0 Å². The van der Waals surface area contributed by atoms with Crippen molar-refractivity contribution < 1.29 is 14.3 Å². The number of benzene rings is 2. The summed E-state index contributed by atoms with van der Waals surface area (Å²) in [6, 6.07) is 9.73. The van der Waals surface area contributed by atoms with Crippen LogP contribution in [-0.4, -0.2) is 25.0 Å². The molecule has 0 aromatic heterocycles. The van der Waals surface area contributed by atoms with E-state index in [0.29, 0.717) is 38.8 Å². The van der Waals surface area contributed by atoms with Crippen LogP contribution in [0.5, 0.6) is 5.75 Å². The summed E-state index contributed by atoms with van der Waals surface area (Å²) < 4.78 is 6.27. The van der Waals surface area contributed by atoms with Crippen LogP contribution >= 0.6 is 27.5 Å². The summed E-state index contributed by atoms with van der Waals surface area (Å²) in [6.45, 7) is 2.37. The van der Waals surface area contributed by atoms with Crippen molar-refractivity contribution in [2.45, 2.75) is 6.92 Å². The highest BCUT2D eigenvalue weighted by atomic mass is 79.9. The molecule has 0 aliphatic carbocycles. The Kier molecular flexibility index (Phi) is 6.66. The van der Waals surface area contributed by atoms with Gasteiger partial charge in [0.25, 0.3) is 0 Å². The van der Waals surface area contributed by atoms with Gasteiger partial charge in [0.1, 0.15) is 0 Å². The summed E-state index contributed by atoms with van der Waals surface area (Å²) in [7, 11) is 0. The van der Waals surface area contributed by atoms with Crippen molar-refractivity contribution in [2.24, 2.45) is 5.73 Å². The third-order valence-electron chi connectivity index (χ3n) is 3.19. The van der Waals surface area contributed by atoms with Gasteiger partial charge >= 0.3 is 0 Å². The molecule has 0 radical (unpaired) electrons. The predicted molar refractivity (Wildman–Crippen MR) is 102 cm³/mol. The number of nitrogens with two attached hydrogens (primary N) is 1. The van der Waals surface area contributed by atoms with Crippen molar-refractivity contribution in [3.63, 3.8) is 0 Å². The molecule has 132 valence electrons. The fraction of sp³-hybridized carbons (Fsp3) is 0.176. The van der Waals surface area contributed by atoms with Crippen molar-refractivity contribution in [2.75, 3.05) is 23.8 Å². The van der Waals surface area contributed by atoms with Crippen molar-refractivity contribution in [3.8, 4) is 5.75 Å². The van der Waals surface area contributed by atoms with Gasteiger partial charge in [0.2, 0.25) is 11.8 Å². The van der Waals surface area contributed by atoms with Crippen LogP contribution in [0, 0.1) is 0 Å². The highest BCUT2D eigenvalue weighted by Gasteiger charge is 2.11. The van der Waals surface area contributed by atoms with Crippen LogP contribution in [0.4, 0.5) is 11.4 Å². The van der Waals surface area contributed by atoms with Gasteiger partial charge in [-0.2, -0.15) is 0 Å². The molecule has 6 nitrogen and oxygen atoms in total. The van der Waals surface area contributed by atoms with Crippen molar-refractivity contribution in [1.82, 2.24) is 0 Å². The number of ether oxygens (including phenoxy) is 1. The number of carbonyl (C=O) groups is 2. The Morgan fingerprint density at radius 2 is 1.92 bits per heavy atom. The first kappa shape index (κ1) is 19.1. The average molecular weight is 427 g/mol. The molecular formula is C17H17BrClN3O3. The van der Waals surface area contributed by atoms with Gasteiger partial charge in [-0.3, -0.25) is 9.59 Å². The standard InChI is InChI=1S/C17H17BrClN3O3/c1-2-25-16-13(18)7-11(19)8-14(16)21-9-15(23)22-12-5-3-10(4-6-12)17(20)24/h3-8,21H,2,9H2,1H3,(H2,20,24)(H,22,23). The molecule has 25 heavy (non-hydrogen) atoms. The number of halogens is 2. The van der Waals surface area contributed by atoms with E-state index in [4.69, 9.17) is 22.1 Å². The van der Waals surface area contributed by atoms with E-state index < -0.39 is 5.91 Å². The second kappa shape index (κ2) is 8.73. The summed E-state index contributed by atoms with van der Waals surface area (Å²) in [5.41, 5.74) is 6.73. The summed E-state index contributed by atoms with van der Waals surface area (Å²) in [5, 5.41) is 6.24. The molecule has 0 aliphatic rings. The minimum absolute atomic E-state index is 0.0183. The molecule has 0 saturated heterocycles. The van der Waals surface area contributed by atoms with Crippen molar-refractivity contribution >= 4 is 50.7 Å². The topological polar surface area (TPSA) is 93.4 Å². The number of anilines is 2. The molecule has 2 aromatic rings. The maximum atomic E-state index is 12.1. The van der Waals surface area contributed by atoms with E-state index in [1.54, 1.807) is 36.4 Å². The van der Waals surface area contributed by atoms with E-state index in [0.717, 1.165) is 0 Å². The predicted octanol–water partition coefficient (Wildman–Crippen LogP) is 3.65. The maximum Gasteiger partial charge on any atom is 0.248 e. The van der Waals surface area contributed by atoms with Crippen LogP contribution in [0.15, 0.2) is 40.9 Å². The zero-order valence-electron chi connectivity index (χ0n) is 13.4. The molecule has 8 heteroatoms. The molecule has 0 bridgehead atoms. The van der Waals surface area contributed by atoms with Crippen LogP contribution in [0.3, 0.4) is 0 Å². The molecular weight excluding hydrogens is 410 g/mol. The Morgan fingerprint density at radius 3 is 2.52 bits per heavy atom. The van der Waals surface area contributed by atoms with E-state index in [1.807, 2.05) is 6.92 Å². The Morgan fingerprint density at radius 1 is 1.24 bits per heavy atom.